The van der Waals surface area contributed by atoms with Crippen LogP contribution in [-0.2, 0) is 0 Å². The van der Waals surface area contributed by atoms with Gasteiger partial charge in [0.05, 0.1) is 0 Å². The minimum atomic E-state index is 0.243. The van der Waals surface area contributed by atoms with Crippen molar-refractivity contribution in [1.82, 2.24) is 0 Å². The van der Waals surface area contributed by atoms with Crippen molar-refractivity contribution in [2.75, 3.05) is 0 Å². The van der Waals surface area contributed by atoms with E-state index in [0.717, 1.165) is 6.42 Å². The molecule has 68 valence electrons. The van der Waals surface area contributed by atoms with Crippen molar-refractivity contribution in [1.29, 1.82) is 0 Å². The van der Waals surface area contributed by atoms with Gasteiger partial charge in [-0.2, -0.15) is 0 Å². The molecule has 11 heavy (non-hydrogen) atoms. The maximum atomic E-state index is 6.04. The molecule has 0 aromatic heterocycles. The van der Waals surface area contributed by atoms with E-state index in [1.54, 1.807) is 0 Å². The maximum Gasteiger partial charge on any atom is 0.00926 e. The summed E-state index contributed by atoms with van der Waals surface area (Å²) in [7, 11) is 0. The molecule has 0 saturated carbocycles. The first-order valence-electron chi connectivity index (χ1n) is 4.38. The third kappa shape index (κ3) is 5.25. The van der Waals surface area contributed by atoms with Crippen molar-refractivity contribution >= 4 is 0 Å². The Labute approximate surface area is 71.4 Å². The van der Waals surface area contributed by atoms with E-state index in [-0.39, 0.29) is 5.41 Å². The SMILES string of the molecule is CC(C)(C)C[C@@H](N)C(C)(C)C. The summed E-state index contributed by atoms with van der Waals surface area (Å²) in [6.07, 6.45) is 1.09. The van der Waals surface area contributed by atoms with Gasteiger partial charge in [-0.25, -0.2) is 0 Å². The predicted octanol–water partition coefficient (Wildman–Crippen LogP) is 2.80. The summed E-state index contributed by atoms with van der Waals surface area (Å²) in [5, 5.41) is 0. The summed E-state index contributed by atoms with van der Waals surface area (Å²) >= 11 is 0. The van der Waals surface area contributed by atoms with Gasteiger partial charge in [-0.15, -0.1) is 0 Å². The molecule has 0 saturated heterocycles. The van der Waals surface area contributed by atoms with Crippen LogP contribution in [0.2, 0.25) is 0 Å². The lowest BCUT2D eigenvalue weighted by molar-refractivity contribution is 0.231. The van der Waals surface area contributed by atoms with Gasteiger partial charge in [0.2, 0.25) is 0 Å². The summed E-state index contributed by atoms with van der Waals surface area (Å²) in [5.41, 5.74) is 6.63. The molecule has 0 aliphatic heterocycles. The molecule has 0 aromatic rings. The zero-order valence-corrected chi connectivity index (χ0v) is 8.86. The Morgan fingerprint density at radius 3 is 1.45 bits per heavy atom. The van der Waals surface area contributed by atoms with Crippen molar-refractivity contribution in [2.24, 2.45) is 16.6 Å². The quantitative estimate of drug-likeness (QED) is 0.622. The molecule has 0 spiro atoms. The standard InChI is InChI=1S/C10H23N/c1-9(2,3)7-8(11)10(4,5)6/h8H,7,11H2,1-6H3/t8-/m1/s1. The largest absolute Gasteiger partial charge is 0.327 e. The number of nitrogens with two attached hydrogens (primary N) is 1. The van der Waals surface area contributed by atoms with E-state index < -0.39 is 0 Å². The van der Waals surface area contributed by atoms with Gasteiger partial charge >= 0.3 is 0 Å². The smallest absolute Gasteiger partial charge is 0.00926 e. The summed E-state index contributed by atoms with van der Waals surface area (Å²) in [6.45, 7) is 13.3. The molecule has 0 aromatic carbocycles. The highest BCUT2D eigenvalue weighted by atomic mass is 14.7. The highest BCUT2D eigenvalue weighted by Crippen LogP contribution is 2.28. The van der Waals surface area contributed by atoms with Crippen molar-refractivity contribution in [3.63, 3.8) is 0 Å². The Balaban J connectivity index is 3.99. The van der Waals surface area contributed by atoms with Crippen molar-refractivity contribution in [2.45, 2.75) is 54.0 Å². The molecule has 0 aliphatic carbocycles. The van der Waals surface area contributed by atoms with Gasteiger partial charge in [0, 0.05) is 6.04 Å². The third-order valence-electron chi connectivity index (χ3n) is 1.94. The second-order valence-corrected chi connectivity index (χ2v) is 5.74. The lowest BCUT2D eigenvalue weighted by Gasteiger charge is -2.32. The van der Waals surface area contributed by atoms with E-state index >= 15 is 0 Å². The molecule has 1 nitrogen and oxygen atoms in total. The molecular formula is C10H23N. The molecule has 0 rings (SSSR count). The lowest BCUT2D eigenvalue weighted by Crippen LogP contribution is -2.38. The molecule has 1 heteroatoms. The number of hydrogen-bond acceptors (Lipinski definition) is 1. The van der Waals surface area contributed by atoms with Gasteiger partial charge in [-0.05, 0) is 17.3 Å². The van der Waals surface area contributed by atoms with Crippen LogP contribution in [0.4, 0.5) is 0 Å². The number of hydrogen-bond donors (Lipinski definition) is 1. The molecule has 0 aliphatic rings. The zero-order valence-electron chi connectivity index (χ0n) is 8.86. The van der Waals surface area contributed by atoms with Gasteiger partial charge in [0.15, 0.2) is 0 Å². The molecule has 1 atom stereocenters. The van der Waals surface area contributed by atoms with Crippen LogP contribution in [0, 0.1) is 10.8 Å². The molecule has 0 heterocycles. The fourth-order valence-corrected chi connectivity index (χ4v) is 0.966. The van der Waals surface area contributed by atoms with Crippen LogP contribution in [-0.4, -0.2) is 6.04 Å². The van der Waals surface area contributed by atoms with Crippen molar-refractivity contribution in [3.05, 3.63) is 0 Å². The van der Waals surface area contributed by atoms with Gasteiger partial charge in [-0.3, -0.25) is 0 Å². The lowest BCUT2D eigenvalue weighted by atomic mass is 9.77. The Kier molecular flexibility index (Phi) is 3.13. The van der Waals surface area contributed by atoms with Crippen LogP contribution in [0.3, 0.4) is 0 Å². The Hall–Kier alpha value is -0.0400. The van der Waals surface area contributed by atoms with Crippen LogP contribution in [0.15, 0.2) is 0 Å². The molecule has 0 unspecified atom stereocenters. The summed E-state index contributed by atoms with van der Waals surface area (Å²) in [5.74, 6) is 0. The molecule has 0 amide bonds. The van der Waals surface area contributed by atoms with Crippen LogP contribution in [0.5, 0.6) is 0 Å². The molecule has 2 N–H and O–H groups in total. The zero-order chi connectivity index (χ0) is 9.28. The minimum Gasteiger partial charge on any atom is -0.327 e. The predicted molar refractivity (Wildman–Crippen MR) is 51.5 cm³/mol. The average Bonchev–Trinajstić information content (AvgIpc) is 1.56. The van der Waals surface area contributed by atoms with E-state index in [4.69, 9.17) is 5.73 Å². The molecular weight excluding hydrogens is 134 g/mol. The minimum absolute atomic E-state index is 0.243. The van der Waals surface area contributed by atoms with Crippen LogP contribution >= 0.6 is 0 Å². The topological polar surface area (TPSA) is 26.0 Å². The van der Waals surface area contributed by atoms with Gasteiger partial charge in [0.25, 0.3) is 0 Å². The van der Waals surface area contributed by atoms with Crippen LogP contribution in [0.1, 0.15) is 48.0 Å². The van der Waals surface area contributed by atoms with Crippen molar-refractivity contribution in [3.8, 4) is 0 Å². The second-order valence-electron chi connectivity index (χ2n) is 5.74. The third-order valence-corrected chi connectivity index (χ3v) is 1.94. The van der Waals surface area contributed by atoms with E-state index in [9.17, 15) is 0 Å². The first-order chi connectivity index (χ1) is 4.63. The molecule has 0 fully saturated rings. The first kappa shape index (κ1) is 11.0. The molecule has 0 radical (unpaired) electrons. The Bertz CT molecular complexity index is 114. The van der Waals surface area contributed by atoms with E-state index in [1.165, 1.54) is 0 Å². The van der Waals surface area contributed by atoms with Gasteiger partial charge in [-0.1, -0.05) is 41.5 Å². The fourth-order valence-electron chi connectivity index (χ4n) is 0.966. The molecule has 0 bridgehead atoms. The Morgan fingerprint density at radius 1 is 1.00 bits per heavy atom. The fraction of sp³-hybridized carbons (Fsp3) is 1.00. The summed E-state index contributed by atoms with van der Waals surface area (Å²) in [6, 6.07) is 0.308. The van der Waals surface area contributed by atoms with E-state index in [0.29, 0.717) is 11.5 Å². The van der Waals surface area contributed by atoms with Crippen LogP contribution in [0.25, 0.3) is 0 Å². The normalized spacial score (nSPS) is 16.6. The van der Waals surface area contributed by atoms with Crippen LogP contribution < -0.4 is 5.73 Å². The first-order valence-corrected chi connectivity index (χ1v) is 4.38. The van der Waals surface area contributed by atoms with Gasteiger partial charge < -0.3 is 5.73 Å². The highest BCUT2D eigenvalue weighted by Gasteiger charge is 2.25. The average molecular weight is 157 g/mol. The van der Waals surface area contributed by atoms with Crippen molar-refractivity contribution < 1.29 is 0 Å². The second kappa shape index (κ2) is 3.14. The summed E-state index contributed by atoms with van der Waals surface area (Å²) in [4.78, 5) is 0. The monoisotopic (exact) mass is 157 g/mol. The van der Waals surface area contributed by atoms with E-state index in [2.05, 4.69) is 41.5 Å². The highest BCUT2D eigenvalue weighted by molar-refractivity contribution is 4.81. The number of rotatable bonds is 1. The Morgan fingerprint density at radius 2 is 1.36 bits per heavy atom. The van der Waals surface area contributed by atoms with Gasteiger partial charge in [0.1, 0.15) is 0 Å². The summed E-state index contributed by atoms with van der Waals surface area (Å²) < 4.78 is 0. The van der Waals surface area contributed by atoms with E-state index in [1.807, 2.05) is 0 Å². The maximum absolute atomic E-state index is 6.04.